The van der Waals surface area contributed by atoms with E-state index >= 15 is 0 Å². The predicted octanol–water partition coefficient (Wildman–Crippen LogP) is 13.7. The third-order valence-electron chi connectivity index (χ3n) is 11.9. The molecule has 0 spiro atoms. The number of hydrogen-bond acceptors (Lipinski definition) is 8. The molecule has 0 rings (SSSR count). The minimum Gasteiger partial charge on any atom is -0.550 e. The molecule has 0 aromatic heterocycles. The second kappa shape index (κ2) is 73.1. The summed E-state index contributed by atoms with van der Waals surface area (Å²) in [5.41, 5.74) is 0. The average molecular weight is 1040 g/mol. The summed E-state index contributed by atoms with van der Waals surface area (Å²) >= 11 is 0. The number of aliphatic carboxylic acids is 4. The van der Waals surface area contributed by atoms with Crippen LogP contribution in [0.5, 0.6) is 0 Å². The SMILES string of the molecule is CCCCCCCCCCCCCC(=O)[O-].CCCCCCCCCCCCCC(=O)[O-].CCCCCCCCCCCCCC(=O)[O-].CCCCCCCCCCCCCC(=O)[O-].[Zn+2].[Zn+2]. The van der Waals surface area contributed by atoms with Crippen molar-refractivity contribution in [1.29, 1.82) is 0 Å². The van der Waals surface area contributed by atoms with E-state index < -0.39 is 23.9 Å². The molecule has 0 atom stereocenters. The van der Waals surface area contributed by atoms with Crippen molar-refractivity contribution >= 4 is 23.9 Å². The van der Waals surface area contributed by atoms with Crippen LogP contribution in [0.25, 0.3) is 0 Å². The standard InChI is InChI=1S/4C14H28O2.2Zn/c4*1-2-3-4-5-6-7-8-9-10-11-12-13-14(15)16;;/h4*2-13H2,1H3,(H,15,16);;/q;;;;2*+2/p-4. The van der Waals surface area contributed by atoms with Crippen LogP contribution in [0, 0.1) is 0 Å². The largest absolute Gasteiger partial charge is 2.00 e. The van der Waals surface area contributed by atoms with Crippen LogP contribution >= 0.6 is 0 Å². The Hall–Kier alpha value is -0.873. The van der Waals surface area contributed by atoms with Gasteiger partial charge in [-0.1, -0.05) is 285 Å². The zero-order valence-corrected chi connectivity index (χ0v) is 50.6. The monoisotopic (exact) mass is 1040 g/mol. The third kappa shape index (κ3) is 93.2. The van der Waals surface area contributed by atoms with E-state index in [-0.39, 0.29) is 64.6 Å². The molecule has 0 aliphatic rings. The first kappa shape index (κ1) is 76.6. The molecule has 0 heterocycles. The van der Waals surface area contributed by atoms with Crippen molar-refractivity contribution < 1.29 is 78.6 Å². The molecule has 0 amide bonds. The van der Waals surface area contributed by atoms with Crippen LogP contribution in [0.15, 0.2) is 0 Å². The summed E-state index contributed by atoms with van der Waals surface area (Å²) < 4.78 is 0. The topological polar surface area (TPSA) is 161 Å². The van der Waals surface area contributed by atoms with Gasteiger partial charge in [0.1, 0.15) is 0 Å². The fraction of sp³-hybridized carbons (Fsp3) is 0.929. The van der Waals surface area contributed by atoms with Crippen molar-refractivity contribution in [2.24, 2.45) is 0 Å². The molecule has 0 unspecified atom stereocenters. The van der Waals surface area contributed by atoms with Gasteiger partial charge in [-0.25, -0.2) is 0 Å². The predicted molar refractivity (Wildman–Crippen MR) is 264 cm³/mol. The Morgan fingerprint density at radius 2 is 0.288 bits per heavy atom. The molecule has 10 heteroatoms. The number of hydrogen-bond donors (Lipinski definition) is 0. The number of carboxylic acid groups (broad SMARTS) is 4. The molecule has 0 aliphatic carbocycles. The molecule has 0 bridgehead atoms. The minimum atomic E-state index is -0.907. The van der Waals surface area contributed by atoms with Gasteiger partial charge in [0.25, 0.3) is 0 Å². The molecule has 0 aromatic carbocycles. The van der Waals surface area contributed by atoms with E-state index in [0.29, 0.717) is 0 Å². The van der Waals surface area contributed by atoms with Gasteiger partial charge >= 0.3 is 39.0 Å². The number of unbranched alkanes of at least 4 members (excludes halogenated alkanes) is 40. The van der Waals surface area contributed by atoms with E-state index in [1.54, 1.807) is 0 Å². The molecular weight excluding hydrogens is 931 g/mol. The van der Waals surface area contributed by atoms with Crippen molar-refractivity contribution in [3.8, 4) is 0 Å². The van der Waals surface area contributed by atoms with Gasteiger partial charge in [-0.2, -0.15) is 0 Å². The summed E-state index contributed by atoms with van der Waals surface area (Å²) in [7, 11) is 0. The quantitative estimate of drug-likeness (QED) is 0.0430. The van der Waals surface area contributed by atoms with E-state index in [1.165, 1.54) is 231 Å². The molecule has 0 radical (unpaired) electrons. The van der Waals surface area contributed by atoms with Crippen LogP contribution in [-0.2, 0) is 58.1 Å². The Balaban J connectivity index is -0.000000180. The number of rotatable bonds is 48. The van der Waals surface area contributed by atoms with Crippen LogP contribution in [0.1, 0.15) is 336 Å². The number of carbonyl (C=O) groups is 4. The summed E-state index contributed by atoms with van der Waals surface area (Å²) in [6, 6.07) is 0. The molecule has 8 nitrogen and oxygen atoms in total. The summed E-state index contributed by atoms with van der Waals surface area (Å²) in [6.07, 6.45) is 56.1. The Morgan fingerprint density at radius 1 is 0.197 bits per heavy atom. The van der Waals surface area contributed by atoms with E-state index in [4.69, 9.17) is 0 Å². The maximum absolute atomic E-state index is 10.1. The second-order valence-electron chi connectivity index (χ2n) is 18.6. The van der Waals surface area contributed by atoms with Crippen molar-refractivity contribution in [3.05, 3.63) is 0 Å². The zero-order valence-electron chi connectivity index (χ0n) is 44.6. The van der Waals surface area contributed by atoms with Gasteiger partial charge in [0, 0.05) is 23.9 Å². The first-order valence-electron chi connectivity index (χ1n) is 27.9. The van der Waals surface area contributed by atoms with Crippen molar-refractivity contribution in [2.45, 2.75) is 336 Å². The first-order valence-corrected chi connectivity index (χ1v) is 27.9. The van der Waals surface area contributed by atoms with Crippen LogP contribution in [0.4, 0.5) is 0 Å². The van der Waals surface area contributed by atoms with Crippen molar-refractivity contribution in [1.82, 2.24) is 0 Å². The fourth-order valence-electron chi connectivity index (χ4n) is 7.73. The van der Waals surface area contributed by atoms with Crippen molar-refractivity contribution in [2.75, 3.05) is 0 Å². The number of carboxylic acids is 4. The number of carbonyl (C=O) groups excluding carboxylic acids is 4. The molecule has 0 saturated heterocycles. The van der Waals surface area contributed by atoms with Gasteiger partial charge in [-0.3, -0.25) is 0 Å². The average Bonchev–Trinajstić information content (AvgIpc) is 3.26. The van der Waals surface area contributed by atoms with E-state index in [9.17, 15) is 39.6 Å². The Morgan fingerprint density at radius 3 is 0.379 bits per heavy atom. The second-order valence-corrected chi connectivity index (χ2v) is 18.6. The van der Waals surface area contributed by atoms with Gasteiger partial charge in [0.2, 0.25) is 0 Å². The molecule has 66 heavy (non-hydrogen) atoms. The molecular formula is C56H108O8Zn2. The molecule has 384 valence electrons. The summed E-state index contributed by atoms with van der Waals surface area (Å²) in [5.74, 6) is -3.63. The van der Waals surface area contributed by atoms with Gasteiger partial charge in [-0.15, -0.1) is 0 Å². The van der Waals surface area contributed by atoms with Gasteiger partial charge in [0.05, 0.1) is 0 Å². The van der Waals surface area contributed by atoms with Crippen LogP contribution in [0.3, 0.4) is 0 Å². The zero-order chi connectivity index (χ0) is 48.3. The summed E-state index contributed by atoms with van der Waals surface area (Å²) in [4.78, 5) is 40.6. The Bertz CT molecular complexity index is 776. The Kier molecular flexibility index (Phi) is 84.8. The molecule has 0 N–H and O–H groups in total. The van der Waals surface area contributed by atoms with Crippen LogP contribution < -0.4 is 20.4 Å². The molecule has 0 aliphatic heterocycles. The normalized spacial score (nSPS) is 10.2. The van der Waals surface area contributed by atoms with Gasteiger partial charge in [-0.05, 0) is 51.4 Å². The molecule has 0 saturated carbocycles. The minimum absolute atomic E-state index is 0. The van der Waals surface area contributed by atoms with Crippen LogP contribution in [0.2, 0.25) is 0 Å². The van der Waals surface area contributed by atoms with E-state index in [1.807, 2.05) is 0 Å². The van der Waals surface area contributed by atoms with Gasteiger partial charge < -0.3 is 39.6 Å². The maximum atomic E-state index is 10.1. The maximum Gasteiger partial charge on any atom is 2.00 e. The van der Waals surface area contributed by atoms with E-state index in [0.717, 1.165) is 51.4 Å². The van der Waals surface area contributed by atoms with Crippen molar-refractivity contribution in [3.63, 3.8) is 0 Å². The fourth-order valence-corrected chi connectivity index (χ4v) is 7.73. The Labute approximate surface area is 435 Å². The van der Waals surface area contributed by atoms with Gasteiger partial charge in [0.15, 0.2) is 0 Å². The summed E-state index contributed by atoms with van der Waals surface area (Å²) in [6.45, 7) is 8.97. The first-order chi connectivity index (χ1) is 31.1. The molecule has 0 aromatic rings. The third-order valence-corrected chi connectivity index (χ3v) is 11.9. The molecule has 0 fully saturated rings. The summed E-state index contributed by atoms with van der Waals surface area (Å²) in [5, 5.41) is 40.6. The smallest absolute Gasteiger partial charge is 0.550 e. The van der Waals surface area contributed by atoms with E-state index in [2.05, 4.69) is 27.7 Å². The van der Waals surface area contributed by atoms with Crippen LogP contribution in [-0.4, -0.2) is 23.9 Å².